The Balaban J connectivity index is 1.28. The molecule has 9 nitrogen and oxygen atoms in total. The van der Waals surface area contributed by atoms with Gasteiger partial charge in [0, 0.05) is 45.5 Å². The first kappa shape index (κ1) is 26.0. The number of carbonyl (C=O) groups excluding carboxylic acids is 2. The molecule has 0 saturated carbocycles. The van der Waals surface area contributed by atoms with Gasteiger partial charge in [0.05, 0.1) is 29.8 Å². The number of fused-ring (bicyclic) bond motifs is 1. The molecule has 0 N–H and O–H groups in total. The lowest BCUT2D eigenvalue weighted by Crippen LogP contribution is -2.60. The SMILES string of the molecule is Cn1c(-c2cc(N3CCN(C(=O)[C@H]4COCCN4C(=O)OC(C)(C)C)CC3)ccc2F)nc2ccccc21. The first-order valence-electron chi connectivity index (χ1n) is 12.9. The molecule has 1 atom stereocenters. The third-order valence-electron chi connectivity index (χ3n) is 6.98. The van der Waals surface area contributed by atoms with E-state index in [0.717, 1.165) is 16.7 Å². The largest absolute Gasteiger partial charge is 0.444 e. The zero-order valence-corrected chi connectivity index (χ0v) is 22.3. The van der Waals surface area contributed by atoms with Gasteiger partial charge in [-0.2, -0.15) is 0 Å². The van der Waals surface area contributed by atoms with Gasteiger partial charge in [0.25, 0.3) is 0 Å². The van der Waals surface area contributed by atoms with E-state index in [1.165, 1.54) is 11.0 Å². The summed E-state index contributed by atoms with van der Waals surface area (Å²) < 4.78 is 27.9. The number of anilines is 1. The fourth-order valence-electron chi connectivity index (χ4n) is 5.01. The molecule has 2 aliphatic heterocycles. The van der Waals surface area contributed by atoms with Gasteiger partial charge in [0.15, 0.2) is 0 Å². The Morgan fingerprint density at radius 3 is 2.50 bits per heavy atom. The first-order chi connectivity index (χ1) is 18.1. The highest BCUT2D eigenvalue weighted by Gasteiger charge is 2.38. The van der Waals surface area contributed by atoms with Crippen LogP contribution in [-0.2, 0) is 21.3 Å². The van der Waals surface area contributed by atoms with Crippen LogP contribution in [0.1, 0.15) is 20.8 Å². The maximum atomic E-state index is 14.9. The number of imidazole rings is 1. The van der Waals surface area contributed by atoms with Crippen LogP contribution < -0.4 is 4.90 Å². The zero-order chi connectivity index (χ0) is 27.0. The molecule has 38 heavy (non-hydrogen) atoms. The normalized spacial score (nSPS) is 18.7. The molecule has 3 aromatic rings. The quantitative estimate of drug-likeness (QED) is 0.521. The minimum Gasteiger partial charge on any atom is -0.444 e. The van der Waals surface area contributed by atoms with Crippen molar-refractivity contribution in [3.8, 4) is 11.4 Å². The van der Waals surface area contributed by atoms with E-state index < -0.39 is 17.7 Å². The van der Waals surface area contributed by atoms with Gasteiger partial charge in [-0.25, -0.2) is 14.2 Å². The van der Waals surface area contributed by atoms with E-state index in [4.69, 9.17) is 9.47 Å². The number of benzene rings is 2. The van der Waals surface area contributed by atoms with Crippen LogP contribution in [0.3, 0.4) is 0 Å². The number of ether oxygens (including phenoxy) is 2. The van der Waals surface area contributed by atoms with Crippen molar-refractivity contribution < 1.29 is 23.5 Å². The molecule has 1 aromatic heterocycles. The van der Waals surface area contributed by atoms with Crippen LogP contribution in [0, 0.1) is 5.82 Å². The first-order valence-corrected chi connectivity index (χ1v) is 12.9. The van der Waals surface area contributed by atoms with Gasteiger partial charge in [-0.05, 0) is 51.1 Å². The fraction of sp³-hybridized carbons (Fsp3) is 0.464. The van der Waals surface area contributed by atoms with Crippen molar-refractivity contribution >= 4 is 28.7 Å². The summed E-state index contributed by atoms with van der Waals surface area (Å²) in [6.45, 7) is 8.37. The molecule has 5 rings (SSSR count). The van der Waals surface area contributed by atoms with Crippen LogP contribution in [0.5, 0.6) is 0 Å². The molecular weight excluding hydrogens is 489 g/mol. The zero-order valence-electron chi connectivity index (χ0n) is 22.3. The molecule has 202 valence electrons. The van der Waals surface area contributed by atoms with Crippen LogP contribution in [0.2, 0.25) is 0 Å². The van der Waals surface area contributed by atoms with Crippen molar-refractivity contribution in [2.45, 2.75) is 32.4 Å². The highest BCUT2D eigenvalue weighted by molar-refractivity contribution is 5.86. The van der Waals surface area contributed by atoms with Crippen LogP contribution in [-0.4, -0.2) is 88.9 Å². The number of carbonyl (C=O) groups is 2. The number of para-hydroxylation sites is 2. The Morgan fingerprint density at radius 2 is 1.79 bits per heavy atom. The predicted molar refractivity (Wildman–Crippen MR) is 142 cm³/mol. The van der Waals surface area contributed by atoms with Crippen molar-refractivity contribution in [1.29, 1.82) is 0 Å². The summed E-state index contributed by atoms with van der Waals surface area (Å²) in [5.41, 5.74) is 2.41. The maximum absolute atomic E-state index is 14.9. The van der Waals surface area contributed by atoms with E-state index in [-0.39, 0.29) is 18.3 Å². The van der Waals surface area contributed by atoms with E-state index in [2.05, 4.69) is 9.88 Å². The van der Waals surface area contributed by atoms with Crippen LogP contribution in [0.15, 0.2) is 42.5 Å². The number of hydrogen-bond acceptors (Lipinski definition) is 6. The van der Waals surface area contributed by atoms with Crippen LogP contribution >= 0.6 is 0 Å². The minimum absolute atomic E-state index is 0.144. The Kier molecular flexibility index (Phi) is 7.00. The monoisotopic (exact) mass is 523 g/mol. The number of rotatable bonds is 3. The van der Waals surface area contributed by atoms with Crippen molar-refractivity contribution in [3.05, 3.63) is 48.3 Å². The van der Waals surface area contributed by atoms with E-state index in [9.17, 15) is 14.0 Å². The lowest BCUT2D eigenvalue weighted by molar-refractivity contribution is -0.143. The van der Waals surface area contributed by atoms with Gasteiger partial charge in [0.1, 0.15) is 23.3 Å². The van der Waals surface area contributed by atoms with Gasteiger partial charge in [0.2, 0.25) is 5.91 Å². The number of morpholine rings is 1. The topological polar surface area (TPSA) is 80.1 Å². The van der Waals surface area contributed by atoms with Crippen molar-refractivity contribution in [3.63, 3.8) is 0 Å². The molecule has 10 heteroatoms. The summed E-state index contributed by atoms with van der Waals surface area (Å²) >= 11 is 0. The standard InChI is InChI=1S/C28H34FN5O4/c1-28(2,3)38-27(36)34-15-16-37-18-24(34)26(35)33-13-11-32(12-14-33)19-9-10-21(29)20(17-19)25-30-22-7-5-6-8-23(22)31(25)4/h5-10,17,24H,11-16,18H2,1-4H3/t24-/m1/s1. The van der Waals surface area contributed by atoms with Gasteiger partial charge in [-0.15, -0.1) is 0 Å². The summed E-state index contributed by atoms with van der Waals surface area (Å²) in [5, 5.41) is 0. The second-order valence-corrected chi connectivity index (χ2v) is 10.7. The second-order valence-electron chi connectivity index (χ2n) is 10.7. The lowest BCUT2D eigenvalue weighted by atomic mass is 10.1. The maximum Gasteiger partial charge on any atom is 0.411 e. The average Bonchev–Trinajstić information content (AvgIpc) is 3.24. The van der Waals surface area contributed by atoms with Gasteiger partial charge in [-0.3, -0.25) is 9.69 Å². The van der Waals surface area contributed by atoms with E-state index in [1.54, 1.807) is 31.7 Å². The van der Waals surface area contributed by atoms with Crippen LogP contribution in [0.4, 0.5) is 14.9 Å². The average molecular weight is 524 g/mol. The van der Waals surface area contributed by atoms with Gasteiger partial charge in [-0.1, -0.05) is 12.1 Å². The molecule has 2 aromatic carbocycles. The molecule has 2 saturated heterocycles. The Hall–Kier alpha value is -3.66. The number of aromatic nitrogens is 2. The summed E-state index contributed by atoms with van der Waals surface area (Å²) in [7, 11) is 1.89. The van der Waals surface area contributed by atoms with E-state index >= 15 is 0 Å². The Bertz CT molecular complexity index is 1340. The van der Waals surface area contributed by atoms with Crippen LogP contribution in [0.25, 0.3) is 22.4 Å². The van der Waals surface area contributed by atoms with E-state index in [1.807, 2.05) is 41.9 Å². The molecule has 0 spiro atoms. The summed E-state index contributed by atoms with van der Waals surface area (Å²) in [6.07, 6.45) is -0.501. The number of hydrogen-bond donors (Lipinski definition) is 0. The molecule has 0 aliphatic carbocycles. The smallest absolute Gasteiger partial charge is 0.411 e. The summed E-state index contributed by atoms with van der Waals surface area (Å²) in [5.74, 6) is 0.0918. The highest BCUT2D eigenvalue weighted by atomic mass is 19.1. The third kappa shape index (κ3) is 5.18. The molecule has 0 unspecified atom stereocenters. The number of piperazine rings is 1. The second kappa shape index (κ2) is 10.2. The van der Waals surface area contributed by atoms with Crippen molar-refractivity contribution in [2.24, 2.45) is 7.05 Å². The molecule has 2 amide bonds. The van der Waals surface area contributed by atoms with Gasteiger partial charge >= 0.3 is 6.09 Å². The molecular formula is C28H34FN5O4. The molecule has 2 fully saturated rings. The summed E-state index contributed by atoms with van der Waals surface area (Å²) in [6, 6.07) is 12.1. The number of halogens is 1. The highest BCUT2D eigenvalue weighted by Crippen LogP contribution is 2.30. The third-order valence-corrected chi connectivity index (χ3v) is 6.98. The molecule has 3 heterocycles. The van der Waals surface area contributed by atoms with Gasteiger partial charge < -0.3 is 23.8 Å². The van der Waals surface area contributed by atoms with E-state index in [0.29, 0.717) is 50.7 Å². The van der Waals surface area contributed by atoms with Crippen molar-refractivity contribution in [2.75, 3.05) is 50.8 Å². The fourth-order valence-corrected chi connectivity index (χ4v) is 5.01. The Morgan fingerprint density at radius 1 is 1.05 bits per heavy atom. The minimum atomic E-state index is -0.708. The Labute approximate surface area is 221 Å². The number of amides is 2. The molecule has 2 aliphatic rings. The lowest BCUT2D eigenvalue weighted by Gasteiger charge is -2.41. The number of nitrogens with zero attached hydrogens (tertiary/aromatic N) is 5. The molecule has 0 radical (unpaired) electrons. The molecule has 0 bridgehead atoms. The van der Waals surface area contributed by atoms with Crippen molar-refractivity contribution in [1.82, 2.24) is 19.4 Å². The summed E-state index contributed by atoms with van der Waals surface area (Å²) in [4.78, 5) is 36.2. The number of aryl methyl sites for hydroxylation is 1. The predicted octanol–water partition coefficient (Wildman–Crippen LogP) is 3.66.